The van der Waals surface area contributed by atoms with Gasteiger partial charge >= 0.3 is 0 Å². The van der Waals surface area contributed by atoms with E-state index in [4.69, 9.17) is 17.3 Å². The Kier molecular flexibility index (Phi) is 3.19. The quantitative estimate of drug-likeness (QED) is 0.805. The molecular weight excluding hydrogens is 310 g/mol. The normalized spacial score (nSPS) is 21.6. The summed E-state index contributed by atoms with van der Waals surface area (Å²) in [6, 6.07) is 6.31. The standard InChI is InChI=1S/C10H12ClIN2/c11-7-1-2-10(9(12)5-7)14-4-3-8(13)6-14/h1-2,5,8H,3-4,6,13H2. The molecule has 1 unspecified atom stereocenters. The third-order valence-electron chi connectivity index (χ3n) is 2.48. The summed E-state index contributed by atoms with van der Waals surface area (Å²) >= 11 is 8.22. The number of rotatable bonds is 1. The molecule has 0 aromatic heterocycles. The molecule has 1 heterocycles. The van der Waals surface area contributed by atoms with Gasteiger partial charge in [0, 0.05) is 27.7 Å². The molecule has 1 aliphatic rings. The third kappa shape index (κ3) is 2.15. The number of nitrogens with zero attached hydrogens (tertiary/aromatic N) is 1. The average molecular weight is 323 g/mol. The van der Waals surface area contributed by atoms with Gasteiger partial charge in [0.05, 0.1) is 5.69 Å². The minimum Gasteiger partial charge on any atom is -0.369 e. The predicted octanol–water partition coefficient (Wildman–Crippen LogP) is 2.48. The van der Waals surface area contributed by atoms with Crippen molar-refractivity contribution in [1.82, 2.24) is 0 Å². The van der Waals surface area contributed by atoms with Crippen LogP contribution in [0.25, 0.3) is 0 Å². The first-order chi connectivity index (χ1) is 6.66. The molecule has 1 atom stereocenters. The molecule has 2 rings (SSSR count). The zero-order chi connectivity index (χ0) is 10.1. The van der Waals surface area contributed by atoms with Crippen molar-refractivity contribution in [2.24, 2.45) is 5.73 Å². The van der Waals surface area contributed by atoms with Crippen LogP contribution in [0.5, 0.6) is 0 Å². The van der Waals surface area contributed by atoms with Crippen LogP contribution in [0.3, 0.4) is 0 Å². The lowest BCUT2D eigenvalue weighted by atomic mass is 10.3. The minimum atomic E-state index is 0.321. The Morgan fingerprint density at radius 2 is 2.29 bits per heavy atom. The first kappa shape index (κ1) is 10.5. The van der Waals surface area contributed by atoms with Crippen LogP contribution in [0, 0.1) is 3.57 Å². The van der Waals surface area contributed by atoms with Crippen molar-refractivity contribution in [1.29, 1.82) is 0 Å². The number of hydrogen-bond acceptors (Lipinski definition) is 2. The smallest absolute Gasteiger partial charge is 0.0503 e. The van der Waals surface area contributed by atoms with E-state index in [-0.39, 0.29) is 0 Å². The van der Waals surface area contributed by atoms with Gasteiger partial charge in [-0.1, -0.05) is 11.6 Å². The molecule has 2 nitrogen and oxygen atoms in total. The van der Waals surface area contributed by atoms with Gasteiger partial charge in [-0.15, -0.1) is 0 Å². The summed E-state index contributed by atoms with van der Waals surface area (Å²) in [5, 5.41) is 0.793. The van der Waals surface area contributed by atoms with Crippen molar-refractivity contribution in [3.05, 3.63) is 26.8 Å². The monoisotopic (exact) mass is 322 g/mol. The average Bonchev–Trinajstić information content (AvgIpc) is 2.51. The van der Waals surface area contributed by atoms with Crippen LogP contribution in [0.2, 0.25) is 5.02 Å². The van der Waals surface area contributed by atoms with Crippen LogP contribution in [0.15, 0.2) is 18.2 Å². The first-order valence-corrected chi connectivity index (χ1v) is 6.08. The van der Waals surface area contributed by atoms with Crippen LogP contribution in [-0.2, 0) is 0 Å². The molecule has 1 aliphatic heterocycles. The Morgan fingerprint density at radius 1 is 1.50 bits per heavy atom. The van der Waals surface area contributed by atoms with Crippen LogP contribution < -0.4 is 10.6 Å². The molecule has 0 amide bonds. The lowest BCUT2D eigenvalue weighted by Gasteiger charge is -2.19. The fraction of sp³-hybridized carbons (Fsp3) is 0.400. The van der Waals surface area contributed by atoms with Gasteiger partial charge in [-0.3, -0.25) is 0 Å². The van der Waals surface area contributed by atoms with Gasteiger partial charge in [0.1, 0.15) is 0 Å². The van der Waals surface area contributed by atoms with Crippen LogP contribution in [0.4, 0.5) is 5.69 Å². The second-order valence-corrected chi connectivity index (χ2v) is 5.19. The Labute approximate surface area is 103 Å². The lowest BCUT2D eigenvalue weighted by Crippen LogP contribution is -2.26. The molecule has 0 radical (unpaired) electrons. The molecule has 0 bridgehead atoms. The van der Waals surface area contributed by atoms with E-state index in [1.807, 2.05) is 12.1 Å². The van der Waals surface area contributed by atoms with Gasteiger partial charge in [-0.25, -0.2) is 0 Å². The molecule has 1 fully saturated rings. The predicted molar refractivity (Wildman–Crippen MR) is 69.0 cm³/mol. The molecule has 1 aromatic rings. The van der Waals surface area contributed by atoms with Gasteiger partial charge in [0.25, 0.3) is 0 Å². The van der Waals surface area contributed by atoms with E-state index in [0.29, 0.717) is 6.04 Å². The van der Waals surface area contributed by atoms with Gasteiger partial charge in [0.2, 0.25) is 0 Å². The van der Waals surface area contributed by atoms with Crippen molar-refractivity contribution in [3.8, 4) is 0 Å². The molecule has 4 heteroatoms. The number of benzene rings is 1. The maximum absolute atomic E-state index is 5.90. The molecular formula is C10H12ClIN2. The zero-order valence-corrected chi connectivity index (χ0v) is 10.6. The molecule has 76 valence electrons. The number of nitrogens with two attached hydrogens (primary N) is 1. The maximum atomic E-state index is 5.90. The number of hydrogen-bond donors (Lipinski definition) is 1. The third-order valence-corrected chi connectivity index (χ3v) is 3.57. The van der Waals surface area contributed by atoms with E-state index in [2.05, 4.69) is 33.6 Å². The Hall–Kier alpha value is -0.000000000000000111. The lowest BCUT2D eigenvalue weighted by molar-refractivity contribution is 0.752. The summed E-state index contributed by atoms with van der Waals surface area (Å²) in [6.45, 7) is 2.01. The van der Waals surface area contributed by atoms with E-state index in [1.165, 1.54) is 9.26 Å². The molecule has 1 aromatic carbocycles. The van der Waals surface area contributed by atoms with Gasteiger partial charge in [-0.05, 0) is 47.2 Å². The Balaban J connectivity index is 2.24. The molecule has 1 saturated heterocycles. The summed E-state index contributed by atoms with van der Waals surface area (Å²) in [5.74, 6) is 0. The number of anilines is 1. The summed E-state index contributed by atoms with van der Waals surface area (Å²) in [6.07, 6.45) is 1.08. The van der Waals surface area contributed by atoms with Crippen molar-refractivity contribution in [2.75, 3.05) is 18.0 Å². The molecule has 0 spiro atoms. The fourth-order valence-corrected chi connectivity index (χ4v) is 2.96. The SMILES string of the molecule is NC1CCN(c2ccc(Cl)cc2I)C1. The van der Waals surface area contributed by atoms with Crippen LogP contribution in [0.1, 0.15) is 6.42 Å². The zero-order valence-electron chi connectivity index (χ0n) is 7.71. The van der Waals surface area contributed by atoms with E-state index in [1.54, 1.807) is 0 Å². The second kappa shape index (κ2) is 4.24. The minimum absolute atomic E-state index is 0.321. The van der Waals surface area contributed by atoms with Crippen molar-refractivity contribution < 1.29 is 0 Å². The van der Waals surface area contributed by atoms with Gasteiger partial charge in [-0.2, -0.15) is 0 Å². The summed E-state index contributed by atoms with van der Waals surface area (Å²) in [5.41, 5.74) is 7.12. The highest BCUT2D eigenvalue weighted by Crippen LogP contribution is 2.28. The highest BCUT2D eigenvalue weighted by Gasteiger charge is 2.20. The van der Waals surface area contributed by atoms with Gasteiger partial charge in [0.15, 0.2) is 0 Å². The summed E-state index contributed by atoms with van der Waals surface area (Å²) < 4.78 is 1.20. The van der Waals surface area contributed by atoms with Gasteiger partial charge < -0.3 is 10.6 Å². The summed E-state index contributed by atoms with van der Waals surface area (Å²) in [4.78, 5) is 2.32. The number of halogens is 2. The van der Waals surface area contributed by atoms with Crippen molar-refractivity contribution in [3.63, 3.8) is 0 Å². The maximum Gasteiger partial charge on any atom is 0.0503 e. The largest absolute Gasteiger partial charge is 0.369 e. The highest BCUT2D eigenvalue weighted by atomic mass is 127. The van der Waals surface area contributed by atoms with E-state index in [0.717, 1.165) is 24.5 Å². The highest BCUT2D eigenvalue weighted by molar-refractivity contribution is 14.1. The van der Waals surface area contributed by atoms with E-state index < -0.39 is 0 Å². The molecule has 14 heavy (non-hydrogen) atoms. The summed E-state index contributed by atoms with van der Waals surface area (Å²) in [7, 11) is 0. The molecule has 2 N–H and O–H groups in total. The van der Waals surface area contributed by atoms with E-state index in [9.17, 15) is 0 Å². The van der Waals surface area contributed by atoms with Crippen LogP contribution >= 0.6 is 34.2 Å². The van der Waals surface area contributed by atoms with Crippen LogP contribution in [-0.4, -0.2) is 19.1 Å². The molecule has 0 aliphatic carbocycles. The van der Waals surface area contributed by atoms with Crippen molar-refractivity contribution >= 4 is 39.9 Å². The molecule has 0 saturated carbocycles. The Morgan fingerprint density at radius 3 is 2.86 bits per heavy atom. The topological polar surface area (TPSA) is 29.3 Å². The van der Waals surface area contributed by atoms with Crippen molar-refractivity contribution in [2.45, 2.75) is 12.5 Å². The first-order valence-electron chi connectivity index (χ1n) is 4.62. The van der Waals surface area contributed by atoms with E-state index >= 15 is 0 Å². The Bertz CT molecular complexity index is 343. The fourth-order valence-electron chi connectivity index (χ4n) is 1.74. The second-order valence-electron chi connectivity index (χ2n) is 3.59.